The van der Waals surface area contributed by atoms with Crippen molar-refractivity contribution in [2.24, 2.45) is 0 Å². The smallest absolute Gasteiger partial charge is 0.315 e. The van der Waals surface area contributed by atoms with Gasteiger partial charge in [0.05, 0.1) is 12.1 Å². The highest BCUT2D eigenvalue weighted by atomic mass is 32.2. The van der Waals surface area contributed by atoms with Gasteiger partial charge in [-0.25, -0.2) is 4.79 Å². The number of nitrogens with zero attached hydrogens (tertiary/aromatic N) is 2. The number of carbonyl (C=O) groups is 2. The molecular weight excluding hydrogens is 394 g/mol. The highest BCUT2D eigenvalue weighted by Gasteiger charge is 2.42. The number of thioether (sulfide) groups is 1. The molecule has 148 valence electrons. The van der Waals surface area contributed by atoms with Gasteiger partial charge in [-0.2, -0.15) is 11.8 Å². The number of anilines is 1. The first-order chi connectivity index (χ1) is 13.7. The Balaban J connectivity index is 1.16. The van der Waals surface area contributed by atoms with Crippen molar-refractivity contribution in [2.45, 2.75) is 49.4 Å². The first-order valence-corrected chi connectivity index (χ1v) is 11.4. The lowest BCUT2D eigenvalue weighted by Gasteiger charge is -2.16. The third kappa shape index (κ3) is 4.82. The van der Waals surface area contributed by atoms with Crippen LogP contribution in [0.4, 0.5) is 9.93 Å². The number of nitrogens with one attached hydrogen (secondary N) is 3. The molecule has 2 saturated heterocycles. The number of carbonyl (C=O) groups excluding carboxylic acids is 2. The van der Waals surface area contributed by atoms with Gasteiger partial charge in [0.25, 0.3) is 0 Å². The maximum atomic E-state index is 12.2. The maximum Gasteiger partial charge on any atom is 0.315 e. The summed E-state index contributed by atoms with van der Waals surface area (Å²) in [5, 5.41) is 18.9. The van der Waals surface area contributed by atoms with Crippen LogP contribution in [0.1, 0.15) is 36.3 Å². The summed E-state index contributed by atoms with van der Waals surface area (Å²) >= 11 is 3.33. The summed E-state index contributed by atoms with van der Waals surface area (Å²) in [6.45, 7) is 0. The summed E-state index contributed by atoms with van der Waals surface area (Å²) in [6.07, 6.45) is 4.02. The van der Waals surface area contributed by atoms with Gasteiger partial charge in [0, 0.05) is 23.8 Å². The minimum absolute atomic E-state index is 0.0183. The minimum Gasteiger partial charge on any atom is -0.332 e. The topological polar surface area (TPSA) is 96.0 Å². The Morgan fingerprint density at radius 3 is 2.89 bits per heavy atom. The predicted octanol–water partition coefficient (Wildman–Crippen LogP) is 2.79. The number of benzene rings is 1. The van der Waals surface area contributed by atoms with E-state index in [9.17, 15) is 9.59 Å². The lowest BCUT2D eigenvalue weighted by atomic mass is 10.0. The van der Waals surface area contributed by atoms with Crippen LogP contribution in [0.25, 0.3) is 0 Å². The van der Waals surface area contributed by atoms with E-state index in [2.05, 4.69) is 38.3 Å². The Kier molecular flexibility index (Phi) is 6.11. The number of rotatable bonds is 8. The molecule has 1 aromatic carbocycles. The van der Waals surface area contributed by atoms with E-state index >= 15 is 0 Å². The highest BCUT2D eigenvalue weighted by Crippen LogP contribution is 2.33. The van der Waals surface area contributed by atoms with Crippen LogP contribution >= 0.6 is 23.1 Å². The molecule has 3 heterocycles. The summed E-state index contributed by atoms with van der Waals surface area (Å²) < 4.78 is 0. The highest BCUT2D eigenvalue weighted by molar-refractivity contribution is 8.00. The number of urea groups is 1. The van der Waals surface area contributed by atoms with E-state index in [0.29, 0.717) is 16.8 Å². The predicted molar refractivity (Wildman–Crippen MR) is 112 cm³/mol. The van der Waals surface area contributed by atoms with E-state index in [-0.39, 0.29) is 24.0 Å². The second-order valence-corrected chi connectivity index (χ2v) is 9.41. The van der Waals surface area contributed by atoms with E-state index in [1.165, 1.54) is 16.9 Å². The Labute approximate surface area is 172 Å². The number of hydrogen-bond acceptors (Lipinski definition) is 6. The molecule has 0 aliphatic carbocycles. The fourth-order valence-electron chi connectivity index (χ4n) is 3.60. The Bertz CT molecular complexity index is 829. The van der Waals surface area contributed by atoms with Crippen LogP contribution in [-0.2, 0) is 11.2 Å². The van der Waals surface area contributed by atoms with E-state index in [0.717, 1.165) is 36.4 Å². The van der Waals surface area contributed by atoms with Crippen molar-refractivity contribution in [1.82, 2.24) is 20.8 Å². The summed E-state index contributed by atoms with van der Waals surface area (Å²) in [6, 6.07) is 10.5. The molecule has 0 unspecified atom stereocenters. The van der Waals surface area contributed by atoms with E-state index in [1.54, 1.807) is 0 Å². The second kappa shape index (κ2) is 8.91. The number of unbranched alkanes of at least 4 members (excludes halogenated alkanes) is 1. The van der Waals surface area contributed by atoms with Gasteiger partial charge in [0.2, 0.25) is 11.0 Å². The summed E-state index contributed by atoms with van der Waals surface area (Å²) in [7, 11) is 0. The summed E-state index contributed by atoms with van der Waals surface area (Å²) in [4.78, 5) is 23.6. The number of hydrogen-bond donors (Lipinski definition) is 3. The van der Waals surface area contributed by atoms with Crippen LogP contribution in [0, 0.1) is 0 Å². The molecule has 2 aromatic rings. The molecule has 0 radical (unpaired) electrons. The third-order valence-corrected chi connectivity index (χ3v) is 7.34. The Hall–Kier alpha value is -2.13. The zero-order valence-electron chi connectivity index (χ0n) is 15.4. The molecule has 2 aliphatic heterocycles. The first-order valence-electron chi connectivity index (χ1n) is 9.52. The van der Waals surface area contributed by atoms with Crippen molar-refractivity contribution in [3.63, 3.8) is 0 Å². The number of fused-ring (bicyclic) bond motifs is 1. The molecule has 3 atom stereocenters. The van der Waals surface area contributed by atoms with Crippen molar-refractivity contribution in [3.05, 3.63) is 40.9 Å². The largest absolute Gasteiger partial charge is 0.332 e. The SMILES string of the molecule is O=C(CCCC[C@@H]1SC[C@@H]2NC(=O)N[C@@H]21)Nc1nnc(Cc2ccccc2)s1. The van der Waals surface area contributed by atoms with Gasteiger partial charge in [0.1, 0.15) is 5.01 Å². The fourth-order valence-corrected chi connectivity index (χ4v) is 5.94. The third-order valence-electron chi connectivity index (χ3n) is 4.99. The first kappa shape index (κ1) is 19.2. The molecule has 0 bridgehead atoms. The maximum absolute atomic E-state index is 12.2. The van der Waals surface area contributed by atoms with Crippen molar-refractivity contribution in [3.8, 4) is 0 Å². The quantitative estimate of drug-likeness (QED) is 0.453. The molecule has 0 spiro atoms. The standard InChI is InChI=1S/C19H23N5O2S2/c25-15(9-5-4-8-14-17-13(11-27-14)20-18(26)22-17)21-19-24-23-16(28-19)10-12-6-2-1-3-7-12/h1-3,6-7,13-14,17H,4-5,8-11H2,(H2,20,22,26)(H,21,24,25)/t13-,14-,17-/m0/s1. The zero-order chi connectivity index (χ0) is 19.3. The molecule has 1 aromatic heterocycles. The van der Waals surface area contributed by atoms with Crippen LogP contribution in [0.2, 0.25) is 0 Å². The summed E-state index contributed by atoms with van der Waals surface area (Å²) in [5.74, 6) is 0.951. The molecule has 7 nitrogen and oxygen atoms in total. The molecule has 3 N–H and O–H groups in total. The normalized spacial score (nSPS) is 23.1. The Morgan fingerprint density at radius 1 is 1.18 bits per heavy atom. The van der Waals surface area contributed by atoms with Crippen LogP contribution in [0.3, 0.4) is 0 Å². The molecule has 4 rings (SSSR count). The molecule has 0 saturated carbocycles. The fraction of sp³-hybridized carbons (Fsp3) is 0.474. The second-order valence-electron chi connectivity index (χ2n) is 7.08. The molecule has 3 amide bonds. The van der Waals surface area contributed by atoms with Crippen LogP contribution < -0.4 is 16.0 Å². The van der Waals surface area contributed by atoms with Crippen LogP contribution in [-0.4, -0.2) is 45.2 Å². The van der Waals surface area contributed by atoms with Gasteiger partial charge in [-0.1, -0.05) is 48.1 Å². The summed E-state index contributed by atoms with van der Waals surface area (Å²) in [5.41, 5.74) is 1.18. The number of aromatic nitrogens is 2. The molecule has 2 aliphatic rings. The van der Waals surface area contributed by atoms with E-state index < -0.39 is 0 Å². The van der Waals surface area contributed by atoms with Gasteiger partial charge in [0.15, 0.2) is 0 Å². The monoisotopic (exact) mass is 417 g/mol. The van der Waals surface area contributed by atoms with Crippen molar-refractivity contribution < 1.29 is 9.59 Å². The van der Waals surface area contributed by atoms with Crippen molar-refractivity contribution >= 4 is 40.2 Å². The lowest BCUT2D eigenvalue weighted by molar-refractivity contribution is -0.116. The molecule has 9 heteroatoms. The van der Waals surface area contributed by atoms with Gasteiger partial charge in [-0.15, -0.1) is 10.2 Å². The van der Waals surface area contributed by atoms with Crippen LogP contribution in [0.15, 0.2) is 30.3 Å². The number of amides is 3. The van der Waals surface area contributed by atoms with Crippen molar-refractivity contribution in [2.75, 3.05) is 11.1 Å². The zero-order valence-corrected chi connectivity index (χ0v) is 17.0. The Morgan fingerprint density at radius 2 is 2.04 bits per heavy atom. The van der Waals surface area contributed by atoms with Crippen molar-refractivity contribution in [1.29, 1.82) is 0 Å². The lowest BCUT2D eigenvalue weighted by Crippen LogP contribution is -2.36. The molecule has 2 fully saturated rings. The van der Waals surface area contributed by atoms with Gasteiger partial charge < -0.3 is 16.0 Å². The van der Waals surface area contributed by atoms with E-state index in [1.807, 2.05) is 30.0 Å². The average Bonchev–Trinajstić information content (AvgIpc) is 3.36. The van der Waals surface area contributed by atoms with E-state index in [4.69, 9.17) is 0 Å². The average molecular weight is 418 g/mol. The van der Waals surface area contributed by atoms with Crippen LogP contribution in [0.5, 0.6) is 0 Å². The van der Waals surface area contributed by atoms with Gasteiger partial charge in [-0.3, -0.25) is 4.79 Å². The molecular formula is C19H23N5O2S2. The minimum atomic E-state index is -0.0524. The molecule has 28 heavy (non-hydrogen) atoms. The van der Waals surface area contributed by atoms with Gasteiger partial charge >= 0.3 is 6.03 Å². The van der Waals surface area contributed by atoms with Gasteiger partial charge in [-0.05, 0) is 18.4 Å².